The number of fused-ring (bicyclic) bond motifs is 1. The number of hydrogen-bond donors (Lipinski definition) is 1. The molecule has 0 amide bonds. The number of nitrogens with zero attached hydrogens (tertiary/aromatic N) is 1. The van der Waals surface area contributed by atoms with Crippen molar-refractivity contribution in [1.82, 2.24) is 10.2 Å². The normalized spacial score (nSPS) is 30.4. The Kier molecular flexibility index (Phi) is 4.69. The maximum Gasteiger partial charge on any atom is 0.0263 e. The van der Waals surface area contributed by atoms with Crippen molar-refractivity contribution in [3.8, 4) is 0 Å². The number of nitrogens with one attached hydrogen (secondary N) is 1. The molecule has 0 aliphatic carbocycles. The highest BCUT2D eigenvalue weighted by molar-refractivity contribution is 8.00. The van der Waals surface area contributed by atoms with Gasteiger partial charge in [-0.2, -0.15) is 0 Å². The third-order valence-corrected chi connectivity index (χ3v) is 5.80. The second-order valence-electron chi connectivity index (χ2n) is 6.26. The second kappa shape index (κ2) is 6.50. The summed E-state index contributed by atoms with van der Waals surface area (Å²) in [6.45, 7) is 8.23. The van der Waals surface area contributed by atoms with Gasteiger partial charge in [-0.3, -0.25) is 4.90 Å². The highest BCUT2D eigenvalue weighted by atomic mass is 32.2. The van der Waals surface area contributed by atoms with Crippen molar-refractivity contribution in [1.29, 1.82) is 0 Å². The van der Waals surface area contributed by atoms with Gasteiger partial charge in [0, 0.05) is 41.9 Å². The van der Waals surface area contributed by atoms with E-state index in [2.05, 4.69) is 60.1 Å². The van der Waals surface area contributed by atoms with Crippen LogP contribution in [0, 0.1) is 0 Å². The van der Waals surface area contributed by atoms with Gasteiger partial charge in [0.1, 0.15) is 0 Å². The SMILES string of the molecule is CCCC1CNC(C)CN1CC1Cc2ccccc2S1. The van der Waals surface area contributed by atoms with Gasteiger partial charge in [-0.25, -0.2) is 0 Å². The average molecular weight is 290 g/mol. The third-order valence-electron chi connectivity index (χ3n) is 4.50. The molecule has 0 radical (unpaired) electrons. The van der Waals surface area contributed by atoms with Crippen molar-refractivity contribution in [2.24, 2.45) is 0 Å². The van der Waals surface area contributed by atoms with Gasteiger partial charge in [-0.15, -0.1) is 11.8 Å². The molecule has 3 atom stereocenters. The summed E-state index contributed by atoms with van der Waals surface area (Å²) >= 11 is 2.09. The van der Waals surface area contributed by atoms with Gasteiger partial charge in [0.15, 0.2) is 0 Å². The standard InChI is InChI=1S/C17H26N2S/c1-3-6-15-10-18-13(2)11-19(15)12-16-9-14-7-4-5-8-17(14)20-16/h4-5,7-8,13,15-16,18H,3,6,9-12H2,1-2H3. The quantitative estimate of drug-likeness (QED) is 0.917. The maximum absolute atomic E-state index is 3.64. The molecule has 2 nitrogen and oxygen atoms in total. The second-order valence-corrected chi connectivity index (χ2v) is 7.60. The summed E-state index contributed by atoms with van der Waals surface area (Å²) in [6, 6.07) is 10.3. The number of hydrogen-bond acceptors (Lipinski definition) is 3. The van der Waals surface area contributed by atoms with Crippen LogP contribution in [0.3, 0.4) is 0 Å². The monoisotopic (exact) mass is 290 g/mol. The van der Waals surface area contributed by atoms with Crippen LogP contribution in [-0.4, -0.2) is 41.9 Å². The number of piperazine rings is 1. The first-order valence-corrected chi connectivity index (χ1v) is 8.86. The lowest BCUT2D eigenvalue weighted by Crippen LogP contribution is -2.56. The van der Waals surface area contributed by atoms with E-state index >= 15 is 0 Å². The minimum Gasteiger partial charge on any atom is -0.311 e. The highest BCUT2D eigenvalue weighted by Gasteiger charge is 2.30. The van der Waals surface area contributed by atoms with Crippen LogP contribution in [0.4, 0.5) is 0 Å². The molecular weight excluding hydrogens is 264 g/mol. The first-order valence-electron chi connectivity index (χ1n) is 7.98. The van der Waals surface area contributed by atoms with Crippen LogP contribution in [0.25, 0.3) is 0 Å². The summed E-state index contributed by atoms with van der Waals surface area (Å²) in [4.78, 5) is 4.25. The first-order chi connectivity index (χ1) is 9.76. The lowest BCUT2D eigenvalue weighted by atomic mass is 10.0. The minimum atomic E-state index is 0.636. The van der Waals surface area contributed by atoms with E-state index in [0.29, 0.717) is 6.04 Å². The summed E-state index contributed by atoms with van der Waals surface area (Å²) in [5.74, 6) is 0. The lowest BCUT2D eigenvalue weighted by molar-refractivity contribution is 0.128. The summed E-state index contributed by atoms with van der Waals surface area (Å²) in [5, 5.41) is 4.39. The van der Waals surface area contributed by atoms with Crippen LogP contribution in [-0.2, 0) is 6.42 Å². The smallest absolute Gasteiger partial charge is 0.0263 e. The molecule has 0 aromatic heterocycles. The summed E-state index contributed by atoms with van der Waals surface area (Å²) < 4.78 is 0. The molecule has 1 aromatic rings. The van der Waals surface area contributed by atoms with Gasteiger partial charge in [-0.1, -0.05) is 31.5 Å². The number of rotatable bonds is 4. The van der Waals surface area contributed by atoms with Crippen molar-refractivity contribution in [3.63, 3.8) is 0 Å². The van der Waals surface area contributed by atoms with E-state index in [1.54, 1.807) is 5.56 Å². The molecule has 0 bridgehead atoms. The maximum atomic E-state index is 3.64. The molecule has 3 rings (SSSR count). The van der Waals surface area contributed by atoms with Crippen molar-refractivity contribution >= 4 is 11.8 Å². The minimum absolute atomic E-state index is 0.636. The Hall–Kier alpha value is -0.510. The van der Waals surface area contributed by atoms with E-state index in [4.69, 9.17) is 0 Å². The van der Waals surface area contributed by atoms with Crippen LogP contribution in [0.5, 0.6) is 0 Å². The Labute approximate surface area is 127 Å². The van der Waals surface area contributed by atoms with Crippen LogP contribution in [0.15, 0.2) is 29.2 Å². The summed E-state index contributed by atoms with van der Waals surface area (Å²) in [5.41, 5.74) is 1.55. The predicted octanol–water partition coefficient (Wildman–Crippen LogP) is 3.17. The predicted molar refractivity (Wildman–Crippen MR) is 87.5 cm³/mol. The molecule has 3 heteroatoms. The summed E-state index contributed by atoms with van der Waals surface area (Å²) in [7, 11) is 0. The molecule has 110 valence electrons. The number of benzene rings is 1. The van der Waals surface area contributed by atoms with E-state index in [9.17, 15) is 0 Å². The fraction of sp³-hybridized carbons (Fsp3) is 0.647. The first kappa shape index (κ1) is 14.4. The fourth-order valence-corrected chi connectivity index (χ4v) is 4.84. The molecular formula is C17H26N2S. The van der Waals surface area contributed by atoms with Gasteiger partial charge in [0.2, 0.25) is 0 Å². The topological polar surface area (TPSA) is 15.3 Å². The van der Waals surface area contributed by atoms with E-state index in [1.807, 2.05) is 0 Å². The largest absolute Gasteiger partial charge is 0.311 e. The van der Waals surface area contributed by atoms with Crippen LogP contribution in [0.1, 0.15) is 32.3 Å². The Bertz CT molecular complexity index is 423. The lowest BCUT2D eigenvalue weighted by Gasteiger charge is -2.40. The van der Waals surface area contributed by atoms with Gasteiger partial charge in [-0.05, 0) is 31.4 Å². The average Bonchev–Trinajstić information content (AvgIpc) is 2.84. The molecule has 3 unspecified atom stereocenters. The van der Waals surface area contributed by atoms with Crippen molar-refractivity contribution < 1.29 is 0 Å². The Balaban J connectivity index is 1.62. The molecule has 1 N–H and O–H groups in total. The molecule has 1 aromatic carbocycles. The van der Waals surface area contributed by atoms with Gasteiger partial charge < -0.3 is 5.32 Å². The van der Waals surface area contributed by atoms with Gasteiger partial charge in [0.05, 0.1) is 0 Å². The van der Waals surface area contributed by atoms with Crippen molar-refractivity contribution in [2.75, 3.05) is 19.6 Å². The molecule has 2 aliphatic rings. The molecule has 1 fully saturated rings. The molecule has 0 spiro atoms. The third kappa shape index (κ3) is 3.21. The zero-order valence-electron chi connectivity index (χ0n) is 12.6. The van der Waals surface area contributed by atoms with E-state index in [1.165, 1.54) is 43.8 Å². The van der Waals surface area contributed by atoms with Crippen molar-refractivity contribution in [3.05, 3.63) is 29.8 Å². The Morgan fingerprint density at radius 2 is 2.20 bits per heavy atom. The highest BCUT2D eigenvalue weighted by Crippen LogP contribution is 2.37. The van der Waals surface area contributed by atoms with Crippen LogP contribution >= 0.6 is 11.8 Å². The van der Waals surface area contributed by atoms with E-state index in [-0.39, 0.29) is 0 Å². The van der Waals surface area contributed by atoms with Crippen LogP contribution < -0.4 is 5.32 Å². The Morgan fingerprint density at radius 1 is 1.35 bits per heavy atom. The molecule has 20 heavy (non-hydrogen) atoms. The molecule has 1 saturated heterocycles. The van der Waals surface area contributed by atoms with E-state index < -0.39 is 0 Å². The van der Waals surface area contributed by atoms with Crippen molar-refractivity contribution in [2.45, 2.75) is 55.3 Å². The van der Waals surface area contributed by atoms with Crippen LogP contribution in [0.2, 0.25) is 0 Å². The summed E-state index contributed by atoms with van der Waals surface area (Å²) in [6.07, 6.45) is 3.86. The molecule has 0 saturated carbocycles. The van der Waals surface area contributed by atoms with Gasteiger partial charge >= 0.3 is 0 Å². The molecule has 2 heterocycles. The zero-order valence-corrected chi connectivity index (χ0v) is 13.5. The zero-order chi connectivity index (χ0) is 13.9. The van der Waals surface area contributed by atoms with E-state index in [0.717, 1.165) is 11.3 Å². The number of thioether (sulfide) groups is 1. The fourth-order valence-electron chi connectivity index (χ4n) is 3.49. The Morgan fingerprint density at radius 3 is 3.00 bits per heavy atom. The van der Waals surface area contributed by atoms with Gasteiger partial charge in [0.25, 0.3) is 0 Å². The molecule has 2 aliphatic heterocycles.